The molecule has 2 aromatic heterocycles. The summed E-state index contributed by atoms with van der Waals surface area (Å²) in [7, 11) is 0. The fraction of sp³-hybridized carbons (Fsp3) is 0.0370. The van der Waals surface area contributed by atoms with Crippen molar-refractivity contribution in [1.82, 2.24) is 20.3 Å². The molecule has 0 unspecified atom stereocenters. The number of hydrogen-bond acceptors (Lipinski definition) is 5. The Morgan fingerprint density at radius 3 is 2.50 bits per heavy atom. The summed E-state index contributed by atoms with van der Waals surface area (Å²) >= 11 is 23.6. The van der Waals surface area contributed by atoms with Crippen LogP contribution in [-0.2, 0) is 4.79 Å². The molecule has 0 spiro atoms. The Morgan fingerprint density at radius 2 is 1.74 bits per heavy atom. The summed E-state index contributed by atoms with van der Waals surface area (Å²) in [5.74, 6) is 0.581. The predicted octanol–water partition coefficient (Wildman–Crippen LogP) is 7.48. The van der Waals surface area contributed by atoms with Gasteiger partial charge < -0.3 is 9.73 Å². The van der Waals surface area contributed by atoms with Crippen LogP contribution in [0.1, 0.15) is 11.3 Å². The molecule has 0 aliphatic carbocycles. The standard InChI is InChI=1S/C27H18Cl3N5O2S/c1-15-13-22-23(34-35(33-22)17-7-5-16(28)6-8-17)14-21(15)31-27(38)32-25(36)12-10-18-9-11-24(37-18)19-3-2-4-20(29)26(19)30/h2-14H,1H3,(H2,31,32,36,38). The third kappa shape index (κ3) is 5.74. The van der Waals surface area contributed by atoms with Gasteiger partial charge in [0.25, 0.3) is 0 Å². The number of hydrogen-bond donors (Lipinski definition) is 2. The Balaban J connectivity index is 1.24. The fourth-order valence-electron chi connectivity index (χ4n) is 3.64. The van der Waals surface area contributed by atoms with Crippen LogP contribution in [-0.4, -0.2) is 26.0 Å². The number of anilines is 1. The van der Waals surface area contributed by atoms with Crippen molar-refractivity contribution in [2.24, 2.45) is 0 Å². The Bertz CT molecular complexity index is 1710. The molecule has 0 atom stereocenters. The van der Waals surface area contributed by atoms with E-state index < -0.39 is 5.91 Å². The molecular formula is C27H18Cl3N5O2S. The summed E-state index contributed by atoms with van der Waals surface area (Å²) < 4.78 is 5.77. The Labute approximate surface area is 238 Å². The largest absolute Gasteiger partial charge is 0.457 e. The lowest BCUT2D eigenvalue weighted by molar-refractivity contribution is -0.115. The van der Waals surface area contributed by atoms with E-state index in [1.807, 2.05) is 31.2 Å². The molecule has 0 aliphatic rings. The lowest BCUT2D eigenvalue weighted by atomic mass is 10.2. The van der Waals surface area contributed by atoms with Crippen molar-refractivity contribution in [3.05, 3.63) is 99.2 Å². The third-order valence-electron chi connectivity index (χ3n) is 5.51. The summed E-state index contributed by atoms with van der Waals surface area (Å²) in [5.41, 5.74) is 4.41. The number of furan rings is 1. The second-order valence-electron chi connectivity index (χ2n) is 8.20. The van der Waals surface area contributed by atoms with Gasteiger partial charge in [-0.2, -0.15) is 4.80 Å². The zero-order valence-electron chi connectivity index (χ0n) is 19.7. The van der Waals surface area contributed by atoms with Crippen LogP contribution >= 0.6 is 47.0 Å². The maximum atomic E-state index is 12.4. The van der Waals surface area contributed by atoms with Crippen LogP contribution in [0.25, 0.3) is 34.1 Å². The highest BCUT2D eigenvalue weighted by atomic mass is 35.5. The van der Waals surface area contributed by atoms with E-state index in [9.17, 15) is 4.79 Å². The van der Waals surface area contributed by atoms with Crippen LogP contribution in [0.5, 0.6) is 0 Å². The second-order valence-corrected chi connectivity index (χ2v) is 9.83. The number of nitrogens with zero attached hydrogens (tertiary/aromatic N) is 3. The molecule has 3 aromatic carbocycles. The van der Waals surface area contributed by atoms with E-state index in [2.05, 4.69) is 20.8 Å². The van der Waals surface area contributed by atoms with Gasteiger partial charge in [-0.05, 0) is 91.4 Å². The number of carbonyl (C=O) groups is 1. The Morgan fingerprint density at radius 1 is 1.00 bits per heavy atom. The van der Waals surface area contributed by atoms with Crippen LogP contribution < -0.4 is 10.6 Å². The topological polar surface area (TPSA) is 85.0 Å². The van der Waals surface area contributed by atoms with Crippen molar-refractivity contribution in [1.29, 1.82) is 0 Å². The predicted molar refractivity (Wildman–Crippen MR) is 156 cm³/mol. The van der Waals surface area contributed by atoms with Gasteiger partial charge in [-0.1, -0.05) is 40.9 Å². The molecule has 0 radical (unpaired) electrons. The molecule has 0 fully saturated rings. The SMILES string of the molecule is Cc1cc2nn(-c3ccc(Cl)cc3)nc2cc1NC(=S)NC(=O)C=Cc1ccc(-c2cccc(Cl)c2Cl)o1. The lowest BCUT2D eigenvalue weighted by Crippen LogP contribution is -2.33. The van der Waals surface area contributed by atoms with Crippen molar-refractivity contribution in [3.8, 4) is 17.0 Å². The monoisotopic (exact) mass is 581 g/mol. The number of aryl methyl sites for hydroxylation is 1. The molecule has 7 nitrogen and oxygen atoms in total. The number of amides is 1. The van der Waals surface area contributed by atoms with Gasteiger partial charge in [0.15, 0.2) is 5.11 Å². The van der Waals surface area contributed by atoms with Gasteiger partial charge in [0, 0.05) is 22.3 Å². The molecule has 0 saturated heterocycles. The molecule has 5 aromatic rings. The van der Waals surface area contributed by atoms with Gasteiger partial charge in [-0.15, -0.1) is 10.2 Å². The first-order valence-corrected chi connectivity index (χ1v) is 12.8. The molecule has 0 saturated carbocycles. The number of rotatable bonds is 5. The van der Waals surface area contributed by atoms with E-state index in [0.29, 0.717) is 43.4 Å². The fourth-order valence-corrected chi connectivity index (χ4v) is 4.37. The first kappa shape index (κ1) is 25.9. The molecule has 38 heavy (non-hydrogen) atoms. The molecule has 11 heteroatoms. The normalized spacial score (nSPS) is 11.3. The number of aromatic nitrogens is 3. The van der Waals surface area contributed by atoms with Crippen LogP contribution in [0.15, 0.2) is 77.2 Å². The third-order valence-corrected chi connectivity index (χ3v) is 6.79. The van der Waals surface area contributed by atoms with E-state index in [-0.39, 0.29) is 5.11 Å². The van der Waals surface area contributed by atoms with Crippen molar-refractivity contribution in [3.63, 3.8) is 0 Å². The first-order chi connectivity index (χ1) is 18.3. The molecule has 190 valence electrons. The van der Waals surface area contributed by atoms with Gasteiger partial charge in [-0.25, -0.2) is 0 Å². The highest BCUT2D eigenvalue weighted by molar-refractivity contribution is 7.80. The number of thiocarbonyl (C=S) groups is 1. The summed E-state index contributed by atoms with van der Waals surface area (Å²) in [5, 5.41) is 16.3. The maximum Gasteiger partial charge on any atom is 0.250 e. The lowest BCUT2D eigenvalue weighted by Gasteiger charge is -2.10. The average Bonchev–Trinajstić information content (AvgIpc) is 3.52. The quantitative estimate of drug-likeness (QED) is 0.165. The first-order valence-electron chi connectivity index (χ1n) is 11.2. The highest BCUT2D eigenvalue weighted by Gasteiger charge is 2.12. The number of benzene rings is 3. The zero-order valence-corrected chi connectivity index (χ0v) is 22.8. The minimum Gasteiger partial charge on any atom is -0.457 e. The average molecular weight is 583 g/mol. The van der Waals surface area contributed by atoms with Crippen molar-refractivity contribution < 1.29 is 9.21 Å². The number of carbonyl (C=O) groups excluding carboxylic acids is 1. The van der Waals surface area contributed by atoms with Crippen LogP contribution in [0.2, 0.25) is 15.1 Å². The molecule has 2 heterocycles. The second kappa shape index (κ2) is 11.0. The number of halogens is 3. The van der Waals surface area contributed by atoms with Crippen molar-refractivity contribution in [2.45, 2.75) is 6.92 Å². The Kier molecular flexibility index (Phi) is 7.49. The molecule has 0 bridgehead atoms. The van der Waals surface area contributed by atoms with Crippen LogP contribution in [0, 0.1) is 6.92 Å². The minimum absolute atomic E-state index is 0.137. The zero-order chi connectivity index (χ0) is 26.8. The number of nitrogens with one attached hydrogen (secondary N) is 2. The summed E-state index contributed by atoms with van der Waals surface area (Å²) in [6, 6.07) is 19.7. The van der Waals surface area contributed by atoms with Crippen LogP contribution in [0.3, 0.4) is 0 Å². The van der Waals surface area contributed by atoms with Crippen molar-refractivity contribution >= 4 is 80.8 Å². The van der Waals surface area contributed by atoms with Gasteiger partial charge in [0.1, 0.15) is 22.6 Å². The van der Waals surface area contributed by atoms with E-state index in [1.54, 1.807) is 42.5 Å². The van der Waals surface area contributed by atoms with E-state index in [0.717, 1.165) is 16.8 Å². The van der Waals surface area contributed by atoms with Gasteiger partial charge >= 0.3 is 0 Å². The van der Waals surface area contributed by atoms with Crippen LogP contribution in [0.4, 0.5) is 5.69 Å². The van der Waals surface area contributed by atoms with Gasteiger partial charge in [-0.3, -0.25) is 10.1 Å². The molecule has 5 rings (SSSR count). The summed E-state index contributed by atoms with van der Waals surface area (Å²) in [6.45, 7) is 1.91. The van der Waals surface area contributed by atoms with Crippen molar-refractivity contribution in [2.75, 3.05) is 5.32 Å². The van der Waals surface area contributed by atoms with Gasteiger partial charge in [0.2, 0.25) is 5.91 Å². The van der Waals surface area contributed by atoms with E-state index in [4.69, 9.17) is 51.4 Å². The van der Waals surface area contributed by atoms with E-state index in [1.165, 1.54) is 16.9 Å². The molecule has 0 aliphatic heterocycles. The molecule has 2 N–H and O–H groups in total. The number of fused-ring (bicyclic) bond motifs is 1. The summed E-state index contributed by atoms with van der Waals surface area (Å²) in [6.07, 6.45) is 2.86. The highest BCUT2D eigenvalue weighted by Crippen LogP contribution is 2.34. The van der Waals surface area contributed by atoms with Gasteiger partial charge in [0.05, 0.1) is 15.7 Å². The Hall–Kier alpha value is -3.69. The minimum atomic E-state index is -0.423. The molecular weight excluding hydrogens is 565 g/mol. The maximum absolute atomic E-state index is 12.4. The summed E-state index contributed by atoms with van der Waals surface area (Å²) in [4.78, 5) is 14.0. The smallest absolute Gasteiger partial charge is 0.250 e. The molecule has 1 amide bonds. The van der Waals surface area contributed by atoms with E-state index >= 15 is 0 Å².